The molecule has 0 fully saturated rings. The summed E-state index contributed by atoms with van der Waals surface area (Å²) in [6.45, 7) is 0. The number of hydrogen-bond acceptors (Lipinski definition) is 1. The molecule has 3 aromatic rings. The summed E-state index contributed by atoms with van der Waals surface area (Å²) >= 11 is 0. The van der Waals surface area contributed by atoms with Crippen LogP contribution in [0.25, 0.3) is 10.9 Å². The number of H-pyrrole nitrogens is 1. The van der Waals surface area contributed by atoms with Crippen molar-refractivity contribution in [2.24, 2.45) is 0 Å². The number of hydrogen-bond donors (Lipinski definition) is 2. The van der Waals surface area contributed by atoms with Crippen molar-refractivity contribution in [3.8, 4) is 0 Å². The SMILES string of the molecule is O=C(NC1CCc2c([nH]c3ccccc23)C1)c1ccccc1. The highest BCUT2D eigenvalue weighted by Crippen LogP contribution is 2.29. The number of nitrogens with one attached hydrogen (secondary N) is 2. The normalized spacial score (nSPS) is 17.2. The molecule has 1 aromatic heterocycles. The lowest BCUT2D eigenvalue weighted by molar-refractivity contribution is 0.0933. The molecule has 1 atom stereocenters. The third-order valence-corrected chi connectivity index (χ3v) is 4.47. The van der Waals surface area contributed by atoms with Crippen LogP contribution in [0.15, 0.2) is 54.6 Å². The number of para-hydroxylation sites is 1. The fraction of sp³-hybridized carbons (Fsp3) is 0.211. The van der Waals surface area contributed by atoms with Crippen LogP contribution in [-0.2, 0) is 12.8 Å². The summed E-state index contributed by atoms with van der Waals surface area (Å²) in [7, 11) is 0. The highest BCUT2D eigenvalue weighted by molar-refractivity contribution is 5.94. The minimum absolute atomic E-state index is 0.0187. The molecule has 1 unspecified atom stereocenters. The van der Waals surface area contributed by atoms with Crippen LogP contribution < -0.4 is 5.32 Å². The van der Waals surface area contributed by atoms with Crippen LogP contribution in [0.2, 0.25) is 0 Å². The number of fused-ring (bicyclic) bond motifs is 3. The van der Waals surface area contributed by atoms with Crippen molar-refractivity contribution in [2.45, 2.75) is 25.3 Å². The van der Waals surface area contributed by atoms with Crippen LogP contribution in [0.1, 0.15) is 28.0 Å². The van der Waals surface area contributed by atoms with Crippen molar-refractivity contribution in [3.63, 3.8) is 0 Å². The maximum absolute atomic E-state index is 12.3. The minimum atomic E-state index is 0.0187. The average Bonchev–Trinajstić information content (AvgIpc) is 2.93. The van der Waals surface area contributed by atoms with Crippen molar-refractivity contribution in [1.29, 1.82) is 0 Å². The molecule has 1 amide bonds. The van der Waals surface area contributed by atoms with Crippen molar-refractivity contribution in [3.05, 3.63) is 71.4 Å². The average molecular weight is 290 g/mol. The first-order valence-corrected chi connectivity index (χ1v) is 7.75. The van der Waals surface area contributed by atoms with Gasteiger partial charge in [-0.1, -0.05) is 36.4 Å². The van der Waals surface area contributed by atoms with E-state index in [-0.39, 0.29) is 11.9 Å². The van der Waals surface area contributed by atoms with Crippen molar-refractivity contribution < 1.29 is 4.79 Å². The van der Waals surface area contributed by atoms with Crippen molar-refractivity contribution >= 4 is 16.8 Å². The Morgan fingerprint density at radius 1 is 1.05 bits per heavy atom. The highest BCUT2D eigenvalue weighted by atomic mass is 16.1. The molecule has 0 spiro atoms. The standard InChI is InChI=1S/C19H18N2O/c22-19(13-6-2-1-3-7-13)20-14-10-11-16-15-8-4-5-9-17(15)21-18(16)12-14/h1-9,14,21H,10-12H2,(H,20,22). The predicted octanol–water partition coefficient (Wildman–Crippen LogP) is 3.46. The number of amides is 1. The third kappa shape index (κ3) is 2.29. The Balaban J connectivity index is 1.54. The van der Waals surface area contributed by atoms with Crippen LogP contribution in [0.3, 0.4) is 0 Å². The van der Waals surface area contributed by atoms with Crippen LogP contribution in [-0.4, -0.2) is 16.9 Å². The van der Waals surface area contributed by atoms with Gasteiger partial charge in [-0.15, -0.1) is 0 Å². The fourth-order valence-electron chi connectivity index (χ4n) is 3.36. The lowest BCUT2D eigenvalue weighted by atomic mass is 9.91. The maximum Gasteiger partial charge on any atom is 0.251 e. The molecule has 3 nitrogen and oxygen atoms in total. The quantitative estimate of drug-likeness (QED) is 0.746. The largest absolute Gasteiger partial charge is 0.358 e. The van der Waals surface area contributed by atoms with E-state index in [0.29, 0.717) is 0 Å². The molecule has 0 radical (unpaired) electrons. The van der Waals surface area contributed by atoms with Gasteiger partial charge >= 0.3 is 0 Å². The molecule has 0 bridgehead atoms. The zero-order valence-electron chi connectivity index (χ0n) is 12.3. The minimum Gasteiger partial charge on any atom is -0.358 e. The Labute approximate surface area is 129 Å². The molecule has 22 heavy (non-hydrogen) atoms. The van der Waals surface area contributed by atoms with E-state index < -0.39 is 0 Å². The summed E-state index contributed by atoms with van der Waals surface area (Å²) in [4.78, 5) is 15.8. The third-order valence-electron chi connectivity index (χ3n) is 4.47. The fourth-order valence-corrected chi connectivity index (χ4v) is 3.36. The first-order chi connectivity index (χ1) is 10.8. The highest BCUT2D eigenvalue weighted by Gasteiger charge is 2.23. The zero-order valence-corrected chi connectivity index (χ0v) is 12.3. The van der Waals surface area contributed by atoms with Crippen LogP contribution in [0, 0.1) is 0 Å². The molecule has 2 aromatic carbocycles. The summed E-state index contributed by atoms with van der Waals surface area (Å²) in [5.41, 5.74) is 4.61. The number of aryl methyl sites for hydroxylation is 1. The van der Waals surface area contributed by atoms with E-state index in [2.05, 4.69) is 34.6 Å². The summed E-state index contributed by atoms with van der Waals surface area (Å²) in [5.74, 6) is 0.0187. The Bertz CT molecular complexity index is 820. The molecule has 1 aliphatic rings. The first kappa shape index (κ1) is 13.1. The van der Waals surface area contributed by atoms with Gasteiger partial charge in [-0.2, -0.15) is 0 Å². The van der Waals surface area contributed by atoms with Crippen molar-refractivity contribution in [2.75, 3.05) is 0 Å². The predicted molar refractivity (Wildman–Crippen MR) is 88.0 cm³/mol. The van der Waals surface area contributed by atoms with E-state index in [1.165, 1.54) is 22.2 Å². The van der Waals surface area contributed by atoms with E-state index in [9.17, 15) is 4.79 Å². The lowest BCUT2D eigenvalue weighted by Crippen LogP contribution is -2.38. The van der Waals surface area contributed by atoms with Gasteiger partial charge in [0.15, 0.2) is 0 Å². The Morgan fingerprint density at radius 3 is 2.68 bits per heavy atom. The van der Waals surface area contributed by atoms with E-state index in [1.54, 1.807) is 0 Å². The second kappa shape index (κ2) is 5.34. The molecule has 4 rings (SSSR count). The smallest absolute Gasteiger partial charge is 0.251 e. The van der Waals surface area contributed by atoms with E-state index in [4.69, 9.17) is 0 Å². The van der Waals surface area contributed by atoms with Gasteiger partial charge in [0.2, 0.25) is 0 Å². The van der Waals surface area contributed by atoms with Gasteiger partial charge in [0.05, 0.1) is 0 Å². The van der Waals surface area contributed by atoms with E-state index in [1.807, 2.05) is 30.3 Å². The Morgan fingerprint density at radius 2 is 1.82 bits per heavy atom. The number of rotatable bonds is 2. The number of carbonyl (C=O) groups is 1. The molecule has 0 aliphatic heterocycles. The molecular formula is C19H18N2O. The van der Waals surface area contributed by atoms with Gasteiger partial charge in [0.1, 0.15) is 0 Å². The first-order valence-electron chi connectivity index (χ1n) is 7.75. The summed E-state index contributed by atoms with van der Waals surface area (Å²) in [6.07, 6.45) is 2.88. The summed E-state index contributed by atoms with van der Waals surface area (Å²) in [5, 5.41) is 4.49. The Kier molecular flexibility index (Phi) is 3.19. The monoisotopic (exact) mass is 290 g/mol. The van der Waals surface area contributed by atoms with Gasteiger partial charge in [-0.25, -0.2) is 0 Å². The number of aromatic nitrogens is 1. The summed E-state index contributed by atoms with van der Waals surface area (Å²) in [6, 6.07) is 18.1. The second-order valence-electron chi connectivity index (χ2n) is 5.91. The number of benzene rings is 2. The molecule has 1 heterocycles. The van der Waals surface area contributed by atoms with Crippen molar-refractivity contribution in [1.82, 2.24) is 10.3 Å². The molecule has 110 valence electrons. The van der Waals surface area contributed by atoms with Gasteiger partial charge < -0.3 is 10.3 Å². The van der Waals surface area contributed by atoms with Crippen LogP contribution in [0.5, 0.6) is 0 Å². The van der Waals surface area contributed by atoms with Gasteiger partial charge in [0.25, 0.3) is 5.91 Å². The van der Waals surface area contributed by atoms with Gasteiger partial charge in [-0.3, -0.25) is 4.79 Å². The molecule has 0 saturated heterocycles. The van der Waals surface area contributed by atoms with Crippen LogP contribution >= 0.6 is 0 Å². The number of carbonyl (C=O) groups excluding carboxylic acids is 1. The van der Waals surface area contributed by atoms with Gasteiger partial charge in [0, 0.05) is 34.6 Å². The molecule has 3 heteroatoms. The Hall–Kier alpha value is -2.55. The molecule has 0 saturated carbocycles. The number of aromatic amines is 1. The lowest BCUT2D eigenvalue weighted by Gasteiger charge is -2.23. The molecular weight excluding hydrogens is 272 g/mol. The molecule has 2 N–H and O–H groups in total. The van der Waals surface area contributed by atoms with E-state index >= 15 is 0 Å². The topological polar surface area (TPSA) is 44.9 Å². The molecule has 1 aliphatic carbocycles. The summed E-state index contributed by atoms with van der Waals surface area (Å²) < 4.78 is 0. The van der Waals surface area contributed by atoms with Gasteiger partial charge in [-0.05, 0) is 36.6 Å². The maximum atomic E-state index is 12.3. The van der Waals surface area contributed by atoms with E-state index in [0.717, 1.165) is 24.8 Å². The second-order valence-corrected chi connectivity index (χ2v) is 5.91. The zero-order chi connectivity index (χ0) is 14.9. The van der Waals surface area contributed by atoms with Crippen LogP contribution in [0.4, 0.5) is 0 Å².